The van der Waals surface area contributed by atoms with Crippen molar-refractivity contribution in [3.63, 3.8) is 0 Å². The van der Waals surface area contributed by atoms with Crippen molar-refractivity contribution < 1.29 is 0 Å². The fourth-order valence-electron chi connectivity index (χ4n) is 1.77. The largest absolute Gasteiger partial charge is 0.304 e. The number of hydrogen-bond donors (Lipinski definition) is 0. The average Bonchev–Trinajstić information content (AvgIpc) is 2.26. The molecule has 0 aliphatic rings. The van der Waals surface area contributed by atoms with E-state index in [2.05, 4.69) is 48.9 Å². The maximum atomic E-state index is 3.48. The van der Waals surface area contributed by atoms with E-state index in [-0.39, 0.29) is 0 Å². The zero-order chi connectivity index (χ0) is 11.5. The van der Waals surface area contributed by atoms with Crippen molar-refractivity contribution >= 4 is 23.2 Å². The Bertz CT molecular complexity index is 129. The van der Waals surface area contributed by atoms with Crippen molar-refractivity contribution in [3.05, 3.63) is 0 Å². The molecule has 0 aromatic rings. The number of halogens is 1. The van der Waals surface area contributed by atoms with Gasteiger partial charge in [-0.15, -0.1) is 0 Å². The molecule has 0 aliphatic carbocycles. The number of rotatable bonds is 10. The van der Waals surface area contributed by atoms with E-state index in [0.29, 0.717) is 0 Å². The second-order valence-corrected chi connectivity index (χ2v) is 5.01. The molecule has 0 amide bonds. The summed E-state index contributed by atoms with van der Waals surface area (Å²) >= 11 is 3.48. The van der Waals surface area contributed by atoms with Crippen LogP contribution < -0.4 is 0 Å². The van der Waals surface area contributed by atoms with Gasteiger partial charge in [-0.05, 0) is 32.5 Å². The van der Waals surface area contributed by atoms with E-state index in [1.54, 1.807) is 0 Å². The summed E-state index contributed by atoms with van der Waals surface area (Å²) < 4.78 is 0. The molecular weight excluding hydrogens is 249 g/mol. The first-order valence-corrected chi connectivity index (χ1v) is 7.48. The third-order valence-corrected chi connectivity index (χ3v) is 3.50. The Balaban J connectivity index is 3.29. The molecule has 0 N–H and O–H groups in total. The maximum absolute atomic E-state index is 3.48. The van der Waals surface area contributed by atoms with Gasteiger partial charge in [0.15, 0.2) is 0 Å². The zero-order valence-electron chi connectivity index (χ0n) is 10.6. The van der Waals surface area contributed by atoms with E-state index in [0.717, 1.165) is 11.1 Å². The molecule has 15 heavy (non-hydrogen) atoms. The van der Waals surface area contributed by atoms with Crippen molar-refractivity contribution in [2.75, 3.05) is 25.0 Å². The van der Waals surface area contributed by atoms with E-state index in [1.807, 2.05) is 0 Å². The first-order valence-electron chi connectivity index (χ1n) is 6.36. The lowest BCUT2D eigenvalue weighted by Crippen LogP contribution is -2.24. The Morgan fingerprint density at radius 1 is 1.20 bits per heavy atom. The maximum Gasteiger partial charge on any atom is 0.113 e. The summed E-state index contributed by atoms with van der Waals surface area (Å²) in [6, 6.07) is 0. The summed E-state index contributed by atoms with van der Waals surface area (Å²) in [5.41, 5.74) is 0. The molecule has 0 aromatic carbocycles. The molecular formula is C12H26BBrN. The van der Waals surface area contributed by atoms with E-state index < -0.39 is 0 Å². The lowest BCUT2D eigenvalue weighted by atomic mass is 9.60. The van der Waals surface area contributed by atoms with Crippen LogP contribution in [0.1, 0.15) is 40.0 Å². The van der Waals surface area contributed by atoms with E-state index >= 15 is 0 Å². The van der Waals surface area contributed by atoms with Gasteiger partial charge in [0.25, 0.3) is 0 Å². The van der Waals surface area contributed by atoms with Gasteiger partial charge in [0, 0.05) is 5.33 Å². The molecule has 1 atom stereocenters. The number of alkyl halides is 1. The highest BCUT2D eigenvalue weighted by molar-refractivity contribution is 9.09. The van der Waals surface area contributed by atoms with Gasteiger partial charge >= 0.3 is 0 Å². The summed E-state index contributed by atoms with van der Waals surface area (Å²) in [5, 5.41) is 1.14. The Hall–Kier alpha value is 0.505. The van der Waals surface area contributed by atoms with Crippen LogP contribution in [0.3, 0.4) is 0 Å². The highest BCUT2D eigenvalue weighted by atomic mass is 79.9. The van der Waals surface area contributed by atoms with Gasteiger partial charge < -0.3 is 4.90 Å². The van der Waals surface area contributed by atoms with Crippen molar-refractivity contribution in [2.24, 2.45) is 0 Å². The summed E-state index contributed by atoms with van der Waals surface area (Å²) in [6.07, 6.45) is 5.23. The van der Waals surface area contributed by atoms with Crippen LogP contribution in [-0.4, -0.2) is 37.1 Å². The molecule has 0 fully saturated rings. The predicted molar refractivity (Wildman–Crippen MR) is 75.4 cm³/mol. The fourth-order valence-corrected chi connectivity index (χ4v) is 2.10. The van der Waals surface area contributed by atoms with Crippen LogP contribution in [0.4, 0.5) is 0 Å². The normalized spacial score (nSPS) is 13.1. The Labute approximate surface area is 105 Å². The monoisotopic (exact) mass is 274 g/mol. The van der Waals surface area contributed by atoms with Gasteiger partial charge in [-0.25, -0.2) is 0 Å². The molecule has 0 spiro atoms. The van der Waals surface area contributed by atoms with Crippen LogP contribution in [0.5, 0.6) is 0 Å². The van der Waals surface area contributed by atoms with Crippen molar-refractivity contribution in [1.82, 2.24) is 4.90 Å². The van der Waals surface area contributed by atoms with Crippen molar-refractivity contribution in [3.8, 4) is 0 Å². The Morgan fingerprint density at radius 3 is 2.40 bits per heavy atom. The summed E-state index contributed by atoms with van der Waals surface area (Å²) in [4.78, 5) is 2.50. The fraction of sp³-hybridized carbons (Fsp3) is 1.00. The minimum absolute atomic E-state index is 0.791. The molecule has 0 rings (SSSR count). The van der Waals surface area contributed by atoms with Crippen LogP contribution in [0.25, 0.3) is 0 Å². The number of hydrogen-bond acceptors (Lipinski definition) is 1. The molecule has 0 aromatic heterocycles. The van der Waals surface area contributed by atoms with Gasteiger partial charge in [0.1, 0.15) is 7.28 Å². The average molecular weight is 275 g/mol. The summed E-state index contributed by atoms with van der Waals surface area (Å²) in [5.74, 6) is 0.791. The third-order valence-electron chi connectivity index (χ3n) is 2.94. The van der Waals surface area contributed by atoms with Crippen LogP contribution >= 0.6 is 15.9 Å². The topological polar surface area (TPSA) is 3.24 Å². The van der Waals surface area contributed by atoms with Gasteiger partial charge in [0.2, 0.25) is 0 Å². The lowest BCUT2D eigenvalue weighted by molar-refractivity contribution is 0.304. The van der Waals surface area contributed by atoms with E-state index in [9.17, 15) is 0 Å². The molecule has 1 radical (unpaired) electrons. The molecule has 0 bridgehead atoms. The summed E-state index contributed by atoms with van der Waals surface area (Å²) in [7, 11) is 2.49. The summed E-state index contributed by atoms with van der Waals surface area (Å²) in [6.45, 7) is 10.5. The Morgan fingerprint density at radius 2 is 1.87 bits per heavy atom. The minimum atomic E-state index is 0.791. The molecule has 0 saturated heterocycles. The lowest BCUT2D eigenvalue weighted by Gasteiger charge is -2.18. The molecule has 3 heteroatoms. The van der Waals surface area contributed by atoms with Gasteiger partial charge in [0.05, 0.1) is 0 Å². The van der Waals surface area contributed by atoms with Crippen LogP contribution in [0, 0.1) is 0 Å². The standard InChI is InChI=1S/C12H26BBrN/c1-4-15(5-2)11-7-9-13-12(3)8-6-10-14/h12H,4-11H2,1-3H3. The third kappa shape index (κ3) is 9.43. The first kappa shape index (κ1) is 15.5. The highest BCUT2D eigenvalue weighted by Crippen LogP contribution is 2.14. The highest BCUT2D eigenvalue weighted by Gasteiger charge is 2.04. The van der Waals surface area contributed by atoms with E-state index in [1.165, 1.54) is 45.2 Å². The zero-order valence-corrected chi connectivity index (χ0v) is 12.2. The molecule has 1 nitrogen and oxygen atoms in total. The van der Waals surface area contributed by atoms with Gasteiger partial charge in [-0.3, -0.25) is 0 Å². The number of nitrogens with zero attached hydrogens (tertiary/aromatic N) is 1. The van der Waals surface area contributed by atoms with Crippen molar-refractivity contribution in [1.29, 1.82) is 0 Å². The molecule has 0 aliphatic heterocycles. The second-order valence-electron chi connectivity index (χ2n) is 4.21. The molecule has 0 heterocycles. The van der Waals surface area contributed by atoms with Crippen LogP contribution in [0.15, 0.2) is 0 Å². The quantitative estimate of drug-likeness (QED) is 0.333. The smallest absolute Gasteiger partial charge is 0.113 e. The first-order chi connectivity index (χ1) is 7.24. The van der Waals surface area contributed by atoms with Crippen LogP contribution in [0.2, 0.25) is 12.1 Å². The molecule has 0 saturated carbocycles. The van der Waals surface area contributed by atoms with Gasteiger partial charge in [-0.2, -0.15) is 0 Å². The van der Waals surface area contributed by atoms with Gasteiger partial charge in [-0.1, -0.05) is 55.3 Å². The Kier molecular flexibility index (Phi) is 11.4. The van der Waals surface area contributed by atoms with Crippen molar-refractivity contribution in [2.45, 2.75) is 52.2 Å². The minimum Gasteiger partial charge on any atom is -0.304 e. The second kappa shape index (κ2) is 11.0. The van der Waals surface area contributed by atoms with E-state index in [4.69, 9.17) is 0 Å². The molecule has 1 unspecified atom stereocenters. The van der Waals surface area contributed by atoms with Crippen LogP contribution in [-0.2, 0) is 0 Å². The SMILES string of the molecule is CCN(CC)CCC[B]C(C)CCCBr. The predicted octanol–water partition coefficient (Wildman–Crippen LogP) is 3.82. The molecule has 89 valence electrons.